The van der Waals surface area contributed by atoms with Crippen LogP contribution < -0.4 is 5.32 Å². The molecule has 5 heteroatoms. The largest absolute Gasteiger partial charge is 0.480 e. The highest BCUT2D eigenvalue weighted by molar-refractivity contribution is 6.05. The van der Waals surface area contributed by atoms with Gasteiger partial charge in [0.05, 0.1) is 6.10 Å². The summed E-state index contributed by atoms with van der Waals surface area (Å²) < 4.78 is 5.79. The van der Waals surface area contributed by atoms with Crippen molar-refractivity contribution in [3.63, 3.8) is 0 Å². The van der Waals surface area contributed by atoms with Crippen LogP contribution in [0.5, 0.6) is 0 Å². The Morgan fingerprint density at radius 1 is 1.32 bits per heavy atom. The number of nitrogens with one attached hydrogen (secondary N) is 1. The average Bonchev–Trinajstić information content (AvgIpc) is 3.17. The monoisotopic (exact) mass is 267 g/mol. The maximum Gasteiger partial charge on any atom is 0.319 e. The van der Waals surface area contributed by atoms with Crippen molar-refractivity contribution in [2.24, 2.45) is 16.7 Å². The highest BCUT2D eigenvalue weighted by Gasteiger charge is 2.62. The van der Waals surface area contributed by atoms with E-state index in [1.807, 2.05) is 0 Å². The van der Waals surface area contributed by atoms with Gasteiger partial charge < -0.3 is 15.2 Å². The Kier molecular flexibility index (Phi) is 2.68. The topological polar surface area (TPSA) is 75.6 Å². The second kappa shape index (κ2) is 3.95. The summed E-state index contributed by atoms with van der Waals surface area (Å²) >= 11 is 0. The molecule has 19 heavy (non-hydrogen) atoms. The number of carboxylic acid groups (broad SMARTS) is 1. The Morgan fingerprint density at radius 2 is 2.00 bits per heavy atom. The van der Waals surface area contributed by atoms with Crippen molar-refractivity contribution in [1.82, 2.24) is 5.32 Å². The number of fused-ring (bicyclic) bond motifs is 1. The summed E-state index contributed by atoms with van der Waals surface area (Å²) in [4.78, 5) is 23.4. The van der Waals surface area contributed by atoms with Gasteiger partial charge in [-0.05, 0) is 25.7 Å². The molecule has 0 aromatic heterocycles. The van der Waals surface area contributed by atoms with Gasteiger partial charge in [-0.15, -0.1) is 0 Å². The number of hydrogen-bond donors (Lipinski definition) is 2. The number of aliphatic carboxylic acids is 1. The molecular formula is C14H21NO4. The summed E-state index contributed by atoms with van der Waals surface area (Å²) in [5, 5.41) is 12.1. The molecule has 3 rings (SSSR count). The second-order valence-electron chi connectivity index (χ2n) is 6.76. The van der Waals surface area contributed by atoms with Gasteiger partial charge in [-0.3, -0.25) is 9.59 Å². The predicted octanol–water partition coefficient (Wildman–Crippen LogP) is 1.17. The number of carbonyl (C=O) groups excluding carboxylic acids is 1. The first-order chi connectivity index (χ1) is 8.89. The molecule has 1 aliphatic heterocycles. The molecule has 0 aromatic rings. The fourth-order valence-electron chi connectivity index (χ4n) is 3.76. The summed E-state index contributed by atoms with van der Waals surface area (Å²) in [5.41, 5.74) is -1.24. The average molecular weight is 267 g/mol. The normalized spacial score (nSPS) is 37.7. The molecule has 3 fully saturated rings. The lowest BCUT2D eigenvalue weighted by molar-refractivity contribution is -0.195. The Labute approximate surface area is 112 Å². The van der Waals surface area contributed by atoms with Crippen molar-refractivity contribution in [1.29, 1.82) is 0 Å². The molecule has 3 unspecified atom stereocenters. The zero-order valence-electron chi connectivity index (χ0n) is 11.4. The van der Waals surface area contributed by atoms with Gasteiger partial charge in [0.15, 0.2) is 0 Å². The number of ether oxygens (including phenoxy) is 1. The SMILES string of the molecule is CC1(C)C(NC(=O)C2(C(=O)O)CC2)C2CCCOC21. The third kappa shape index (κ3) is 1.71. The molecule has 3 atom stereocenters. The first kappa shape index (κ1) is 12.9. The van der Waals surface area contributed by atoms with E-state index in [1.165, 1.54) is 0 Å². The molecule has 0 bridgehead atoms. The summed E-state index contributed by atoms with van der Waals surface area (Å²) in [6.07, 6.45) is 3.21. The molecule has 0 radical (unpaired) electrons. The van der Waals surface area contributed by atoms with Gasteiger partial charge in [0.1, 0.15) is 5.41 Å². The lowest BCUT2D eigenvalue weighted by Crippen LogP contribution is -2.70. The van der Waals surface area contributed by atoms with Crippen LogP contribution in [-0.2, 0) is 14.3 Å². The van der Waals surface area contributed by atoms with E-state index in [4.69, 9.17) is 9.84 Å². The number of rotatable bonds is 3. The van der Waals surface area contributed by atoms with Crippen molar-refractivity contribution in [3.05, 3.63) is 0 Å². The van der Waals surface area contributed by atoms with E-state index in [1.54, 1.807) is 0 Å². The third-order valence-corrected chi connectivity index (χ3v) is 5.21. The number of amides is 1. The lowest BCUT2D eigenvalue weighted by atomic mass is 9.55. The van der Waals surface area contributed by atoms with E-state index in [0.29, 0.717) is 18.8 Å². The highest BCUT2D eigenvalue weighted by atomic mass is 16.5. The van der Waals surface area contributed by atoms with Crippen LogP contribution in [0.15, 0.2) is 0 Å². The van der Waals surface area contributed by atoms with Crippen molar-refractivity contribution < 1.29 is 19.4 Å². The fraction of sp³-hybridized carbons (Fsp3) is 0.857. The molecule has 0 spiro atoms. The van der Waals surface area contributed by atoms with Crippen LogP contribution in [0.2, 0.25) is 0 Å². The van der Waals surface area contributed by atoms with Crippen LogP contribution in [0.3, 0.4) is 0 Å². The molecule has 1 saturated heterocycles. The van der Waals surface area contributed by atoms with E-state index >= 15 is 0 Å². The van der Waals surface area contributed by atoms with Crippen LogP contribution in [0.1, 0.15) is 39.5 Å². The summed E-state index contributed by atoms with van der Waals surface area (Å²) in [7, 11) is 0. The molecule has 0 aromatic carbocycles. The van der Waals surface area contributed by atoms with Crippen molar-refractivity contribution in [2.75, 3.05) is 6.61 Å². The minimum absolute atomic E-state index is 0.0436. The maximum absolute atomic E-state index is 12.2. The summed E-state index contributed by atoms with van der Waals surface area (Å²) in [6.45, 7) is 4.97. The van der Waals surface area contributed by atoms with Gasteiger partial charge in [0.25, 0.3) is 0 Å². The van der Waals surface area contributed by atoms with E-state index in [-0.39, 0.29) is 23.5 Å². The van der Waals surface area contributed by atoms with Gasteiger partial charge in [-0.2, -0.15) is 0 Å². The predicted molar refractivity (Wildman–Crippen MR) is 67.5 cm³/mol. The number of carboxylic acids is 1. The first-order valence-electron chi connectivity index (χ1n) is 7.05. The Morgan fingerprint density at radius 3 is 2.58 bits per heavy atom. The standard InChI is InChI=1S/C14H21NO4/c1-13(2)9(8-4-3-7-19-10(8)13)15-11(16)14(5-6-14)12(17)18/h8-10H,3-7H2,1-2H3,(H,15,16)(H,17,18). The van der Waals surface area contributed by atoms with Crippen LogP contribution in [0, 0.1) is 16.7 Å². The van der Waals surface area contributed by atoms with Gasteiger partial charge in [-0.1, -0.05) is 13.8 Å². The van der Waals surface area contributed by atoms with E-state index < -0.39 is 11.4 Å². The van der Waals surface area contributed by atoms with Gasteiger partial charge in [0, 0.05) is 24.0 Å². The van der Waals surface area contributed by atoms with Gasteiger partial charge in [-0.25, -0.2) is 0 Å². The molecular weight excluding hydrogens is 246 g/mol. The molecule has 2 N–H and O–H groups in total. The van der Waals surface area contributed by atoms with Crippen molar-refractivity contribution in [2.45, 2.75) is 51.7 Å². The zero-order valence-corrected chi connectivity index (χ0v) is 11.4. The molecule has 5 nitrogen and oxygen atoms in total. The molecule has 1 heterocycles. The quantitative estimate of drug-likeness (QED) is 0.753. The Hall–Kier alpha value is -1.10. The number of carbonyl (C=O) groups is 2. The minimum atomic E-state index is -1.14. The Balaban J connectivity index is 1.70. The zero-order chi connectivity index (χ0) is 13.8. The van der Waals surface area contributed by atoms with Crippen molar-refractivity contribution in [3.8, 4) is 0 Å². The minimum Gasteiger partial charge on any atom is -0.480 e. The van der Waals surface area contributed by atoms with Crippen LogP contribution in [-0.4, -0.2) is 35.7 Å². The van der Waals surface area contributed by atoms with Gasteiger partial charge >= 0.3 is 5.97 Å². The maximum atomic E-state index is 12.2. The third-order valence-electron chi connectivity index (χ3n) is 5.21. The molecule has 3 aliphatic rings. The van der Waals surface area contributed by atoms with Crippen LogP contribution >= 0.6 is 0 Å². The molecule has 106 valence electrons. The highest BCUT2D eigenvalue weighted by Crippen LogP contribution is 2.53. The van der Waals surface area contributed by atoms with E-state index in [2.05, 4.69) is 19.2 Å². The lowest BCUT2D eigenvalue weighted by Gasteiger charge is -2.60. The molecule has 2 saturated carbocycles. The van der Waals surface area contributed by atoms with E-state index in [0.717, 1.165) is 19.4 Å². The van der Waals surface area contributed by atoms with Gasteiger partial charge in [0.2, 0.25) is 5.91 Å². The smallest absolute Gasteiger partial charge is 0.319 e. The first-order valence-corrected chi connectivity index (χ1v) is 7.05. The Bertz CT molecular complexity index is 427. The van der Waals surface area contributed by atoms with Crippen LogP contribution in [0.25, 0.3) is 0 Å². The number of hydrogen-bond acceptors (Lipinski definition) is 3. The molecule has 1 amide bonds. The second-order valence-corrected chi connectivity index (χ2v) is 6.76. The van der Waals surface area contributed by atoms with Crippen LogP contribution in [0.4, 0.5) is 0 Å². The summed E-state index contributed by atoms with van der Waals surface area (Å²) in [5.74, 6) is -0.946. The summed E-state index contributed by atoms with van der Waals surface area (Å²) in [6, 6.07) is 0.0436. The van der Waals surface area contributed by atoms with E-state index in [9.17, 15) is 9.59 Å². The van der Waals surface area contributed by atoms with Crippen molar-refractivity contribution >= 4 is 11.9 Å². The fourth-order valence-corrected chi connectivity index (χ4v) is 3.76. The molecule has 2 aliphatic carbocycles.